The molecule has 42 heavy (non-hydrogen) atoms. The molecule has 0 saturated heterocycles. The normalized spacial score (nSPS) is 16.9. The number of quaternary nitrogens is 1. The number of aryl methyl sites for hydroxylation is 2. The van der Waals surface area contributed by atoms with Gasteiger partial charge >= 0.3 is 0 Å². The van der Waals surface area contributed by atoms with Crippen LogP contribution in [0.15, 0.2) is 115 Å². The third-order valence-corrected chi connectivity index (χ3v) is 8.52. The largest absolute Gasteiger partial charge is 0.489 e. The van der Waals surface area contributed by atoms with Gasteiger partial charge in [0.15, 0.2) is 6.67 Å². The van der Waals surface area contributed by atoms with E-state index in [1.807, 2.05) is 18.2 Å². The van der Waals surface area contributed by atoms with Crippen LogP contribution >= 0.6 is 0 Å². The van der Waals surface area contributed by atoms with Gasteiger partial charge in [0.05, 0.1) is 12.2 Å². The predicted molar refractivity (Wildman–Crippen MR) is 171 cm³/mol. The molecule has 0 N–H and O–H groups in total. The van der Waals surface area contributed by atoms with Crippen LogP contribution < -0.4 is 18.9 Å². The molecule has 0 aromatic heterocycles. The summed E-state index contributed by atoms with van der Waals surface area (Å²) in [7, 11) is 0. The summed E-state index contributed by atoms with van der Waals surface area (Å²) in [6.07, 6.45) is 0. The third-order valence-electron chi connectivity index (χ3n) is 8.52. The summed E-state index contributed by atoms with van der Waals surface area (Å²) in [5, 5.41) is 0. The highest BCUT2D eigenvalue weighted by molar-refractivity contribution is 5.66. The van der Waals surface area contributed by atoms with E-state index in [2.05, 4.69) is 116 Å². The second-order valence-electron chi connectivity index (χ2n) is 11.9. The fraction of sp³-hybridized carbons (Fsp3) is 0.211. The number of hydrogen-bond acceptors (Lipinski definition) is 3. The van der Waals surface area contributed by atoms with E-state index in [9.17, 15) is 0 Å². The van der Waals surface area contributed by atoms with Crippen molar-refractivity contribution in [2.24, 2.45) is 0 Å². The molecular weight excluding hydrogens is 516 g/mol. The Labute approximate surface area is 249 Å². The van der Waals surface area contributed by atoms with Crippen LogP contribution in [0.5, 0.6) is 11.5 Å². The molecule has 5 aromatic carbocycles. The molecule has 2 heterocycles. The maximum absolute atomic E-state index is 6.38. The summed E-state index contributed by atoms with van der Waals surface area (Å²) < 4.78 is 13.6. The molecule has 5 aromatic rings. The first kappa shape index (κ1) is 26.4. The van der Waals surface area contributed by atoms with Crippen molar-refractivity contribution >= 4 is 11.4 Å². The van der Waals surface area contributed by atoms with Crippen molar-refractivity contribution in [1.82, 2.24) is 4.48 Å². The monoisotopic (exact) mass is 553 g/mol. The average molecular weight is 554 g/mol. The summed E-state index contributed by atoms with van der Waals surface area (Å²) in [4.78, 5) is 2.57. The molecule has 0 fully saturated rings. The lowest BCUT2D eigenvalue weighted by Gasteiger charge is -2.51. The van der Waals surface area contributed by atoms with E-state index in [0.29, 0.717) is 13.2 Å². The molecule has 4 nitrogen and oxygen atoms in total. The average Bonchev–Trinajstić information content (AvgIpc) is 2.99. The van der Waals surface area contributed by atoms with Gasteiger partial charge in [-0.2, -0.15) is 0 Å². The van der Waals surface area contributed by atoms with Crippen molar-refractivity contribution < 1.29 is 9.47 Å². The summed E-state index contributed by atoms with van der Waals surface area (Å²) >= 11 is 0. The zero-order valence-corrected chi connectivity index (χ0v) is 24.4. The molecule has 0 spiro atoms. The molecular formula is C38H37N2O2+. The van der Waals surface area contributed by atoms with E-state index in [0.717, 1.165) is 53.4 Å². The number of ether oxygens (including phenoxy) is 2. The van der Waals surface area contributed by atoms with Gasteiger partial charge in [-0.1, -0.05) is 83.9 Å². The first-order chi connectivity index (χ1) is 20.5. The van der Waals surface area contributed by atoms with E-state index in [1.165, 1.54) is 39.2 Å². The second-order valence-corrected chi connectivity index (χ2v) is 11.9. The number of anilines is 1. The van der Waals surface area contributed by atoms with Gasteiger partial charge in [-0.25, -0.2) is 0 Å². The fourth-order valence-electron chi connectivity index (χ4n) is 6.65. The van der Waals surface area contributed by atoms with E-state index < -0.39 is 0 Å². The first-order valence-electron chi connectivity index (χ1n) is 14.8. The maximum atomic E-state index is 6.38. The molecule has 1 unspecified atom stereocenters. The van der Waals surface area contributed by atoms with Gasteiger partial charge in [-0.3, -0.25) is 4.48 Å². The van der Waals surface area contributed by atoms with Gasteiger partial charge in [0, 0.05) is 22.8 Å². The van der Waals surface area contributed by atoms with Gasteiger partial charge < -0.3 is 14.4 Å². The van der Waals surface area contributed by atoms with Crippen LogP contribution in [0, 0.1) is 13.8 Å². The van der Waals surface area contributed by atoms with Gasteiger partial charge in [0.2, 0.25) is 0 Å². The van der Waals surface area contributed by atoms with E-state index in [-0.39, 0.29) is 0 Å². The van der Waals surface area contributed by atoms with Gasteiger partial charge in [0.25, 0.3) is 0 Å². The lowest BCUT2D eigenvalue weighted by molar-refractivity contribution is 0.226. The van der Waals surface area contributed by atoms with Crippen LogP contribution in [-0.4, -0.2) is 6.67 Å². The highest BCUT2D eigenvalue weighted by Crippen LogP contribution is 2.45. The van der Waals surface area contributed by atoms with Crippen molar-refractivity contribution in [3.63, 3.8) is 0 Å². The minimum absolute atomic E-state index is 0.519. The van der Waals surface area contributed by atoms with Gasteiger partial charge in [-0.15, -0.1) is 0 Å². The first-order valence-corrected chi connectivity index (χ1v) is 14.8. The van der Waals surface area contributed by atoms with Crippen LogP contribution in [0.1, 0.15) is 38.9 Å². The molecule has 7 rings (SSSR count). The minimum atomic E-state index is 0.519. The number of benzene rings is 5. The summed E-state index contributed by atoms with van der Waals surface area (Å²) in [6.45, 7) is 9.13. The van der Waals surface area contributed by atoms with Gasteiger partial charge in [-0.05, 0) is 61.4 Å². The van der Waals surface area contributed by atoms with E-state index in [1.54, 1.807) is 0 Å². The Morgan fingerprint density at radius 3 is 1.86 bits per heavy atom. The summed E-state index contributed by atoms with van der Waals surface area (Å²) in [5.41, 5.74) is 11.8. The van der Waals surface area contributed by atoms with Crippen molar-refractivity contribution in [2.45, 2.75) is 46.7 Å². The van der Waals surface area contributed by atoms with Crippen molar-refractivity contribution in [2.75, 3.05) is 11.6 Å². The molecule has 0 amide bonds. The Balaban J connectivity index is 1.26. The molecule has 0 aliphatic carbocycles. The number of nitrogens with zero attached hydrogens (tertiary/aromatic N) is 2. The number of rotatable bonds is 8. The lowest BCUT2D eigenvalue weighted by Crippen LogP contribution is -2.60. The second kappa shape index (κ2) is 11.0. The molecule has 2 aliphatic heterocycles. The maximum Gasteiger partial charge on any atom is 0.160 e. The smallest absolute Gasteiger partial charge is 0.160 e. The van der Waals surface area contributed by atoms with Crippen molar-refractivity contribution in [3.8, 4) is 11.5 Å². The predicted octanol–water partition coefficient (Wildman–Crippen LogP) is 8.46. The Bertz CT molecular complexity index is 1660. The lowest BCUT2D eigenvalue weighted by atomic mass is 9.95. The summed E-state index contributed by atoms with van der Waals surface area (Å²) in [6, 6.07) is 41.1. The van der Waals surface area contributed by atoms with Crippen molar-refractivity contribution in [1.29, 1.82) is 0 Å². The fourth-order valence-corrected chi connectivity index (χ4v) is 6.65. The van der Waals surface area contributed by atoms with E-state index in [4.69, 9.17) is 9.47 Å². The quantitative estimate of drug-likeness (QED) is 0.180. The van der Waals surface area contributed by atoms with Gasteiger partial charge in [0.1, 0.15) is 43.5 Å². The highest BCUT2D eigenvalue weighted by Gasteiger charge is 2.44. The molecule has 1 atom stereocenters. The van der Waals surface area contributed by atoms with Crippen LogP contribution in [0.25, 0.3) is 0 Å². The Morgan fingerprint density at radius 1 is 0.619 bits per heavy atom. The Morgan fingerprint density at radius 2 is 1.21 bits per heavy atom. The molecule has 210 valence electrons. The highest BCUT2D eigenvalue weighted by atomic mass is 16.5. The Kier molecular flexibility index (Phi) is 6.93. The molecule has 0 saturated carbocycles. The molecule has 2 bridgehead atoms. The topological polar surface area (TPSA) is 21.7 Å². The molecule has 2 aliphatic rings. The van der Waals surface area contributed by atoms with Crippen LogP contribution in [0.2, 0.25) is 0 Å². The van der Waals surface area contributed by atoms with Crippen LogP contribution in [0.3, 0.4) is 0 Å². The molecule has 0 radical (unpaired) electrons. The molecule has 4 heteroatoms. The SMILES string of the molecule is Cc1ccc2c(c1)C[N+]1(Cc3cc(OCc4ccccc4)cc(OCc4ccccc4)c3)CN2Cc2cc(C)ccc21. The van der Waals surface area contributed by atoms with Crippen LogP contribution in [0.4, 0.5) is 11.4 Å². The Hall–Kier alpha value is -4.54. The zero-order chi connectivity index (χ0) is 28.5. The van der Waals surface area contributed by atoms with Crippen molar-refractivity contribution in [3.05, 3.63) is 154 Å². The van der Waals surface area contributed by atoms with E-state index >= 15 is 0 Å². The minimum Gasteiger partial charge on any atom is -0.489 e. The third kappa shape index (κ3) is 5.38. The summed E-state index contributed by atoms with van der Waals surface area (Å²) in [5.74, 6) is 1.67. The standard InChI is InChI=1S/C38H37N2O2/c1-28-13-15-37-34(18-28)24-40(27-39(37)22-33-17-29(2)14-16-38(33)40)23-32-19-35(41-25-30-9-5-3-6-10-30)21-36(20-32)42-26-31-11-7-4-8-12-31/h3-21H,22-27H2,1-2H3/q+1. The zero-order valence-electron chi connectivity index (χ0n) is 24.4. The van der Waals surface area contributed by atoms with Crippen LogP contribution in [-0.2, 0) is 32.8 Å². The number of hydrogen-bond donors (Lipinski definition) is 0. The number of fused-ring (bicyclic) bond motifs is 6.